The maximum atomic E-state index is 13.8. The van der Waals surface area contributed by atoms with Crippen molar-refractivity contribution in [3.63, 3.8) is 0 Å². The molecular weight excluding hydrogens is 889 g/mol. The van der Waals surface area contributed by atoms with E-state index in [1.54, 1.807) is 103 Å². The Labute approximate surface area is 388 Å². The SMILES string of the molecule is O=C(OC[C@@H]1O[C@@H](OC[C@@H]2O[C@@H](OC[C@@H]3O[C@@H](O)[C@H](O)[C@H]3O)[C@H](OC(=O)c3ccccc3)[C@H]2OC(=O)c2ccccc2)[C@H](OC(=O)c2ccccc2)[C@H]1OC(=O)c1ccccc1)c1ccccc1. The number of benzene rings is 5. The molecule has 0 radical (unpaired) electrons. The Bertz CT molecular complexity index is 2460. The van der Waals surface area contributed by atoms with Crippen molar-refractivity contribution in [2.45, 2.75) is 73.8 Å². The normalized spacial score (nSPS) is 27.5. The zero-order valence-electron chi connectivity index (χ0n) is 35.9. The molecule has 18 heteroatoms. The van der Waals surface area contributed by atoms with E-state index in [9.17, 15) is 39.3 Å². The summed E-state index contributed by atoms with van der Waals surface area (Å²) in [5, 5.41) is 30.7. The van der Waals surface area contributed by atoms with Gasteiger partial charge in [-0.15, -0.1) is 0 Å². The molecule has 3 heterocycles. The number of carbonyl (C=O) groups is 5. The van der Waals surface area contributed by atoms with Gasteiger partial charge in [-0.3, -0.25) is 0 Å². The predicted molar refractivity (Wildman–Crippen MR) is 231 cm³/mol. The van der Waals surface area contributed by atoms with Crippen LogP contribution >= 0.6 is 0 Å². The lowest BCUT2D eigenvalue weighted by molar-refractivity contribution is -0.215. The summed E-state index contributed by atoms with van der Waals surface area (Å²) in [7, 11) is 0. The van der Waals surface area contributed by atoms with Crippen LogP contribution in [0.4, 0.5) is 0 Å². The fraction of sp³-hybridized carbons (Fsp3) is 0.300. The Hall–Kier alpha value is -6.87. The van der Waals surface area contributed by atoms with E-state index in [0.29, 0.717) is 0 Å². The molecule has 0 amide bonds. The molecule has 3 aliphatic rings. The molecule has 3 saturated heterocycles. The second-order valence-corrected chi connectivity index (χ2v) is 15.7. The molecule has 0 aliphatic carbocycles. The molecule has 12 atom stereocenters. The molecule has 0 saturated carbocycles. The number of esters is 5. The van der Waals surface area contributed by atoms with Crippen molar-refractivity contribution in [3.8, 4) is 0 Å². The van der Waals surface area contributed by atoms with Crippen LogP contribution < -0.4 is 0 Å². The zero-order chi connectivity index (χ0) is 47.6. The third kappa shape index (κ3) is 11.4. The largest absolute Gasteiger partial charge is 0.459 e. The summed E-state index contributed by atoms with van der Waals surface area (Å²) in [4.78, 5) is 68.0. The molecule has 354 valence electrons. The van der Waals surface area contributed by atoms with Crippen molar-refractivity contribution in [2.24, 2.45) is 0 Å². The first-order valence-electron chi connectivity index (χ1n) is 21.5. The smallest absolute Gasteiger partial charge is 0.338 e. The Morgan fingerprint density at radius 1 is 0.368 bits per heavy atom. The van der Waals surface area contributed by atoms with Crippen LogP contribution in [0.3, 0.4) is 0 Å². The van der Waals surface area contributed by atoms with Gasteiger partial charge in [-0.05, 0) is 60.7 Å². The van der Waals surface area contributed by atoms with Gasteiger partial charge in [0.15, 0.2) is 43.3 Å². The molecule has 0 bridgehead atoms. The standard InChI is InChI=1S/C50H46O18/c51-37-34(62-48(58)38(37)52)26-60-49-42(68-47(57)33-24-14-5-15-25-33)40(66-45(55)31-20-10-3-11-21-31)36(64-49)28-61-50-41(67-46(56)32-22-12-4-13-23-32)39(65-44(54)30-18-8-2-9-19-30)35(63-50)27-59-43(53)29-16-6-1-7-17-29/h1-25,34-42,48-52,58H,26-28H2/t34-,35-,36-,37-,38+,39-,40-,41+,42+,48+,49+,50+/m0/s1. The fourth-order valence-corrected chi connectivity index (χ4v) is 7.58. The molecule has 0 unspecified atom stereocenters. The van der Waals surface area contributed by atoms with Gasteiger partial charge in [0.05, 0.1) is 41.0 Å². The molecular formula is C50H46O18. The van der Waals surface area contributed by atoms with E-state index in [1.807, 2.05) is 0 Å². The summed E-state index contributed by atoms with van der Waals surface area (Å²) in [5.41, 5.74) is 0.743. The van der Waals surface area contributed by atoms with Gasteiger partial charge >= 0.3 is 29.8 Å². The van der Waals surface area contributed by atoms with Crippen molar-refractivity contribution in [2.75, 3.05) is 19.8 Å². The zero-order valence-corrected chi connectivity index (χ0v) is 35.9. The molecule has 18 nitrogen and oxygen atoms in total. The lowest BCUT2D eigenvalue weighted by Crippen LogP contribution is -2.45. The van der Waals surface area contributed by atoms with Gasteiger partial charge in [0.25, 0.3) is 0 Å². The average Bonchev–Trinajstić information content (AvgIpc) is 3.96. The Kier molecular flexibility index (Phi) is 15.6. The minimum absolute atomic E-state index is 0.123. The van der Waals surface area contributed by atoms with Crippen LogP contribution in [0, 0.1) is 0 Å². The van der Waals surface area contributed by atoms with Crippen molar-refractivity contribution in [3.05, 3.63) is 179 Å². The molecule has 5 aromatic carbocycles. The van der Waals surface area contributed by atoms with E-state index < -0.39 is 123 Å². The van der Waals surface area contributed by atoms with Crippen LogP contribution in [-0.2, 0) is 47.4 Å². The number of aliphatic hydroxyl groups excluding tert-OH is 3. The van der Waals surface area contributed by atoms with E-state index in [2.05, 4.69) is 0 Å². The summed E-state index contributed by atoms with van der Waals surface area (Å²) in [6.07, 6.45) is -18.1. The molecule has 3 N–H and O–H groups in total. The highest BCUT2D eigenvalue weighted by Gasteiger charge is 2.55. The van der Waals surface area contributed by atoms with Gasteiger partial charge in [-0.1, -0.05) is 91.0 Å². The molecule has 0 aromatic heterocycles. The van der Waals surface area contributed by atoms with Gasteiger partial charge in [-0.25, -0.2) is 24.0 Å². The van der Waals surface area contributed by atoms with Crippen LogP contribution in [0.1, 0.15) is 51.8 Å². The van der Waals surface area contributed by atoms with Gasteiger partial charge in [0.1, 0.15) is 37.1 Å². The monoisotopic (exact) mass is 934 g/mol. The van der Waals surface area contributed by atoms with Crippen LogP contribution in [0.25, 0.3) is 0 Å². The third-order valence-corrected chi connectivity index (χ3v) is 11.1. The van der Waals surface area contributed by atoms with E-state index in [-0.39, 0.29) is 27.8 Å². The lowest BCUT2D eigenvalue weighted by atomic mass is 10.1. The maximum Gasteiger partial charge on any atom is 0.338 e. The number of carbonyl (C=O) groups excluding carboxylic acids is 5. The topological polar surface area (TPSA) is 238 Å². The fourth-order valence-electron chi connectivity index (χ4n) is 7.58. The van der Waals surface area contributed by atoms with E-state index >= 15 is 0 Å². The van der Waals surface area contributed by atoms with E-state index in [0.717, 1.165) is 0 Å². The Balaban J connectivity index is 1.10. The Morgan fingerprint density at radius 3 is 1.01 bits per heavy atom. The molecule has 68 heavy (non-hydrogen) atoms. The first kappa shape index (κ1) is 47.6. The first-order valence-corrected chi connectivity index (χ1v) is 21.5. The van der Waals surface area contributed by atoms with Gasteiger partial charge in [-0.2, -0.15) is 0 Å². The summed E-state index contributed by atoms with van der Waals surface area (Å²) in [6, 6.07) is 39.8. The van der Waals surface area contributed by atoms with Crippen LogP contribution in [0.2, 0.25) is 0 Å². The molecule has 3 aliphatic heterocycles. The molecule has 8 rings (SSSR count). The van der Waals surface area contributed by atoms with E-state index in [1.165, 1.54) is 48.5 Å². The highest BCUT2D eigenvalue weighted by atomic mass is 16.8. The summed E-state index contributed by atoms with van der Waals surface area (Å²) < 4.78 is 59.7. The number of hydrogen-bond donors (Lipinski definition) is 3. The lowest BCUT2D eigenvalue weighted by Gasteiger charge is -2.26. The van der Waals surface area contributed by atoms with E-state index in [4.69, 9.17) is 47.4 Å². The van der Waals surface area contributed by atoms with Gasteiger partial charge < -0.3 is 62.7 Å². The van der Waals surface area contributed by atoms with Crippen LogP contribution in [-0.4, -0.2) is 139 Å². The average molecular weight is 935 g/mol. The second kappa shape index (κ2) is 22.3. The third-order valence-electron chi connectivity index (χ3n) is 11.1. The minimum atomic E-state index is -1.73. The van der Waals surface area contributed by atoms with Crippen LogP contribution in [0.15, 0.2) is 152 Å². The highest BCUT2D eigenvalue weighted by Crippen LogP contribution is 2.34. The molecule has 5 aromatic rings. The summed E-state index contributed by atoms with van der Waals surface area (Å²) >= 11 is 0. The van der Waals surface area contributed by atoms with Crippen molar-refractivity contribution >= 4 is 29.8 Å². The van der Waals surface area contributed by atoms with Crippen molar-refractivity contribution < 1.29 is 86.7 Å². The second-order valence-electron chi connectivity index (χ2n) is 15.7. The highest BCUT2D eigenvalue weighted by molar-refractivity contribution is 5.92. The number of rotatable bonds is 17. The Morgan fingerprint density at radius 2 is 0.676 bits per heavy atom. The quantitative estimate of drug-likeness (QED) is 0.0891. The number of ether oxygens (including phenoxy) is 10. The number of hydrogen-bond acceptors (Lipinski definition) is 18. The predicted octanol–water partition coefficient (Wildman–Crippen LogP) is 3.67. The molecule has 0 spiro atoms. The summed E-state index contributed by atoms with van der Waals surface area (Å²) in [6.45, 7) is -1.61. The first-order chi connectivity index (χ1) is 33.0. The van der Waals surface area contributed by atoms with Crippen molar-refractivity contribution in [1.82, 2.24) is 0 Å². The maximum absolute atomic E-state index is 13.8. The van der Waals surface area contributed by atoms with Gasteiger partial charge in [0.2, 0.25) is 0 Å². The minimum Gasteiger partial charge on any atom is -0.459 e. The van der Waals surface area contributed by atoms with Crippen LogP contribution in [0.5, 0.6) is 0 Å². The van der Waals surface area contributed by atoms with Gasteiger partial charge in [0, 0.05) is 0 Å². The summed E-state index contributed by atoms with van der Waals surface area (Å²) in [5.74, 6) is -4.12. The van der Waals surface area contributed by atoms with Crippen molar-refractivity contribution in [1.29, 1.82) is 0 Å². The molecule has 3 fully saturated rings. The number of aliphatic hydroxyl groups is 3.